The van der Waals surface area contributed by atoms with E-state index in [1.54, 1.807) is 33.7 Å². The van der Waals surface area contributed by atoms with Gasteiger partial charge in [-0.25, -0.2) is 8.42 Å². The Balaban J connectivity index is 1.50. The molecule has 1 saturated heterocycles. The van der Waals surface area contributed by atoms with Crippen LogP contribution in [-0.4, -0.2) is 56.8 Å². The number of sulfonamides is 1. The number of likely N-dealkylation sites (N-methyl/N-ethyl adjacent to an activating group) is 1. The summed E-state index contributed by atoms with van der Waals surface area (Å²) in [6, 6.07) is 8.92. The van der Waals surface area contributed by atoms with E-state index in [4.69, 9.17) is 4.42 Å². The maximum atomic E-state index is 12.9. The van der Waals surface area contributed by atoms with Crippen LogP contribution >= 0.6 is 0 Å². The maximum Gasteiger partial charge on any atom is 0.243 e. The Morgan fingerprint density at radius 1 is 1.14 bits per heavy atom. The molecule has 0 unspecified atom stereocenters. The Morgan fingerprint density at radius 3 is 2.66 bits per heavy atom. The molecule has 29 heavy (non-hydrogen) atoms. The zero-order chi connectivity index (χ0) is 20.4. The van der Waals surface area contributed by atoms with Crippen LogP contribution in [0.5, 0.6) is 0 Å². The van der Waals surface area contributed by atoms with Crippen molar-refractivity contribution in [3.05, 3.63) is 47.9 Å². The summed E-state index contributed by atoms with van der Waals surface area (Å²) in [6.45, 7) is 2.66. The van der Waals surface area contributed by atoms with Crippen LogP contribution in [0, 0.1) is 0 Å². The highest BCUT2D eigenvalue weighted by molar-refractivity contribution is 7.89. The van der Waals surface area contributed by atoms with Crippen molar-refractivity contribution in [1.82, 2.24) is 9.21 Å². The number of hydrogen-bond donors (Lipinski definition) is 0. The first-order valence-corrected chi connectivity index (χ1v) is 11.5. The maximum absolute atomic E-state index is 12.9. The molecule has 1 aromatic carbocycles. The van der Waals surface area contributed by atoms with Gasteiger partial charge in [0.25, 0.3) is 0 Å². The Kier molecular flexibility index (Phi) is 5.76. The molecular weight excluding hydrogens is 390 g/mol. The summed E-state index contributed by atoms with van der Waals surface area (Å²) in [5.74, 6) is 0.825. The lowest BCUT2D eigenvalue weighted by atomic mass is 10.0. The molecular formula is C21H27N3O4S. The Hall–Kier alpha value is -2.16. The van der Waals surface area contributed by atoms with Crippen LogP contribution in [0.25, 0.3) is 0 Å². The van der Waals surface area contributed by atoms with Crippen LogP contribution in [-0.2, 0) is 27.8 Å². The Morgan fingerprint density at radius 2 is 1.93 bits per heavy atom. The van der Waals surface area contributed by atoms with Crippen molar-refractivity contribution in [3.8, 4) is 0 Å². The first-order valence-electron chi connectivity index (χ1n) is 10.1. The number of nitrogens with zero attached hydrogens (tertiary/aromatic N) is 3. The van der Waals surface area contributed by atoms with Gasteiger partial charge in [-0.1, -0.05) is 0 Å². The standard InChI is InChI=1S/C21H27N3O4S/c1-22(15-18-7-5-13-28-18)16-21(25)24-12-4-6-17-14-19(8-9-20(17)24)29(26,27)23-10-2-3-11-23/h5,7-9,13-14H,2-4,6,10-12,15-16H2,1H3. The highest BCUT2D eigenvalue weighted by Gasteiger charge is 2.30. The first-order chi connectivity index (χ1) is 13.9. The molecule has 2 aliphatic rings. The fourth-order valence-corrected chi connectivity index (χ4v) is 5.68. The van der Waals surface area contributed by atoms with Gasteiger partial charge in [-0.15, -0.1) is 0 Å². The van der Waals surface area contributed by atoms with Gasteiger partial charge in [0, 0.05) is 25.3 Å². The van der Waals surface area contributed by atoms with Crippen molar-refractivity contribution in [2.75, 3.05) is 38.1 Å². The number of furan rings is 1. The fourth-order valence-electron chi connectivity index (χ4n) is 4.11. The van der Waals surface area contributed by atoms with Crippen molar-refractivity contribution in [1.29, 1.82) is 0 Å². The number of benzene rings is 1. The van der Waals surface area contributed by atoms with Crippen LogP contribution in [0.4, 0.5) is 5.69 Å². The van der Waals surface area contributed by atoms with E-state index in [0.717, 1.165) is 42.7 Å². The van der Waals surface area contributed by atoms with Gasteiger partial charge in [0.1, 0.15) is 5.76 Å². The van der Waals surface area contributed by atoms with E-state index in [2.05, 4.69) is 0 Å². The molecule has 0 atom stereocenters. The van der Waals surface area contributed by atoms with Crippen molar-refractivity contribution >= 4 is 21.6 Å². The lowest BCUT2D eigenvalue weighted by Gasteiger charge is -2.31. The molecule has 0 bridgehead atoms. The molecule has 3 heterocycles. The summed E-state index contributed by atoms with van der Waals surface area (Å²) in [5.41, 5.74) is 1.76. The summed E-state index contributed by atoms with van der Waals surface area (Å²) in [6.07, 6.45) is 5.06. The van der Waals surface area contributed by atoms with Gasteiger partial charge < -0.3 is 9.32 Å². The lowest BCUT2D eigenvalue weighted by Crippen LogP contribution is -2.41. The summed E-state index contributed by atoms with van der Waals surface area (Å²) in [4.78, 5) is 17.0. The van der Waals surface area contributed by atoms with E-state index in [0.29, 0.717) is 31.1 Å². The molecule has 0 radical (unpaired) electrons. The van der Waals surface area contributed by atoms with E-state index < -0.39 is 10.0 Å². The smallest absolute Gasteiger partial charge is 0.243 e. The second-order valence-electron chi connectivity index (χ2n) is 7.80. The zero-order valence-electron chi connectivity index (χ0n) is 16.7. The minimum atomic E-state index is -3.45. The van der Waals surface area contributed by atoms with E-state index in [9.17, 15) is 13.2 Å². The van der Waals surface area contributed by atoms with Crippen molar-refractivity contribution in [2.45, 2.75) is 37.1 Å². The normalized spacial score (nSPS) is 17.7. The molecule has 7 nitrogen and oxygen atoms in total. The minimum Gasteiger partial charge on any atom is -0.468 e. The summed E-state index contributed by atoms with van der Waals surface area (Å²) in [5, 5.41) is 0. The molecule has 4 rings (SSSR count). The van der Waals surface area contributed by atoms with Crippen molar-refractivity contribution in [2.24, 2.45) is 0 Å². The molecule has 0 saturated carbocycles. The monoisotopic (exact) mass is 417 g/mol. The molecule has 8 heteroatoms. The zero-order valence-corrected chi connectivity index (χ0v) is 17.5. The van der Waals surface area contributed by atoms with Gasteiger partial charge in [0.2, 0.25) is 15.9 Å². The summed E-state index contributed by atoms with van der Waals surface area (Å²) in [7, 11) is -1.56. The second kappa shape index (κ2) is 8.30. The molecule has 156 valence electrons. The number of fused-ring (bicyclic) bond motifs is 1. The Bertz CT molecular complexity index is 966. The predicted octanol–water partition coefficient (Wildman–Crippen LogP) is 2.48. The van der Waals surface area contributed by atoms with Gasteiger partial charge in [-0.05, 0) is 68.6 Å². The molecule has 0 aliphatic carbocycles. The summed E-state index contributed by atoms with van der Waals surface area (Å²) >= 11 is 0. The molecule has 2 aliphatic heterocycles. The predicted molar refractivity (Wildman–Crippen MR) is 110 cm³/mol. The van der Waals surface area contributed by atoms with Crippen LogP contribution in [0.1, 0.15) is 30.6 Å². The van der Waals surface area contributed by atoms with Gasteiger partial charge in [-0.2, -0.15) is 4.31 Å². The molecule has 1 amide bonds. The van der Waals surface area contributed by atoms with Crippen molar-refractivity contribution in [3.63, 3.8) is 0 Å². The molecule has 1 aromatic heterocycles. The van der Waals surface area contributed by atoms with Gasteiger partial charge in [0.05, 0.1) is 24.2 Å². The number of carbonyl (C=O) groups is 1. The van der Waals surface area contributed by atoms with E-state index in [-0.39, 0.29) is 12.5 Å². The van der Waals surface area contributed by atoms with E-state index in [1.807, 2.05) is 24.1 Å². The third-order valence-electron chi connectivity index (χ3n) is 5.58. The molecule has 0 N–H and O–H groups in total. The number of hydrogen-bond acceptors (Lipinski definition) is 5. The lowest BCUT2D eigenvalue weighted by molar-refractivity contribution is -0.119. The number of aryl methyl sites for hydroxylation is 1. The van der Waals surface area contributed by atoms with Gasteiger partial charge in [0.15, 0.2) is 0 Å². The fraction of sp³-hybridized carbons (Fsp3) is 0.476. The van der Waals surface area contributed by atoms with Crippen LogP contribution in [0.2, 0.25) is 0 Å². The van der Waals surface area contributed by atoms with E-state index in [1.165, 1.54) is 0 Å². The SMILES string of the molecule is CN(CC(=O)N1CCCc2cc(S(=O)(=O)N3CCCC3)ccc21)Cc1ccco1. The third kappa shape index (κ3) is 4.24. The molecule has 1 fully saturated rings. The first kappa shape index (κ1) is 20.1. The van der Waals surface area contributed by atoms with Gasteiger partial charge in [-0.3, -0.25) is 9.69 Å². The molecule has 0 spiro atoms. The highest BCUT2D eigenvalue weighted by Crippen LogP contribution is 2.31. The number of carbonyl (C=O) groups excluding carboxylic acids is 1. The van der Waals surface area contributed by atoms with Gasteiger partial charge >= 0.3 is 0 Å². The van der Waals surface area contributed by atoms with Crippen molar-refractivity contribution < 1.29 is 17.6 Å². The largest absolute Gasteiger partial charge is 0.468 e. The second-order valence-corrected chi connectivity index (χ2v) is 9.74. The van der Waals surface area contributed by atoms with Crippen LogP contribution in [0.15, 0.2) is 45.9 Å². The Labute approximate surface area is 171 Å². The number of amides is 1. The van der Waals surface area contributed by atoms with E-state index >= 15 is 0 Å². The van der Waals surface area contributed by atoms with Crippen LogP contribution in [0.3, 0.4) is 0 Å². The highest BCUT2D eigenvalue weighted by atomic mass is 32.2. The quantitative estimate of drug-likeness (QED) is 0.722. The summed E-state index contributed by atoms with van der Waals surface area (Å²) < 4.78 is 32.6. The topological polar surface area (TPSA) is 74.1 Å². The van der Waals surface area contributed by atoms with Crippen LogP contribution < -0.4 is 4.90 Å². The average Bonchev–Trinajstić information content (AvgIpc) is 3.41. The third-order valence-corrected chi connectivity index (χ3v) is 7.48. The molecule has 2 aromatic rings. The minimum absolute atomic E-state index is 0.00940. The average molecular weight is 418 g/mol. The number of anilines is 1. The number of rotatable bonds is 6.